The highest BCUT2D eigenvalue weighted by molar-refractivity contribution is 9.10. The van der Waals surface area contributed by atoms with Gasteiger partial charge >= 0.3 is 13.2 Å². The fourth-order valence-corrected chi connectivity index (χ4v) is 3.57. The molecule has 2 heterocycles. The molecule has 1 aromatic rings. The number of amides is 2. The largest absolute Gasteiger partial charge is 0.494 e. The molecule has 0 aromatic heterocycles. The van der Waals surface area contributed by atoms with Crippen molar-refractivity contribution in [3.8, 4) is 0 Å². The predicted octanol–water partition coefficient (Wildman–Crippen LogP) is 3.64. The Morgan fingerprint density at radius 2 is 1.74 bits per heavy atom. The van der Waals surface area contributed by atoms with Crippen LogP contribution in [0.25, 0.3) is 0 Å². The van der Waals surface area contributed by atoms with Gasteiger partial charge in [-0.15, -0.1) is 0 Å². The molecule has 1 aromatic carbocycles. The number of nitrogens with zero attached hydrogens (tertiary/aromatic N) is 1. The summed E-state index contributed by atoms with van der Waals surface area (Å²) in [5, 5.41) is 0. The molecule has 1 saturated heterocycles. The fourth-order valence-electron chi connectivity index (χ4n) is 2.96. The number of rotatable bonds is 1. The van der Waals surface area contributed by atoms with Crippen LogP contribution >= 0.6 is 15.9 Å². The molecular weight excluding hydrogens is 413 g/mol. The van der Waals surface area contributed by atoms with E-state index in [1.807, 2.05) is 33.8 Å². The Morgan fingerprint density at radius 1 is 1.19 bits per heavy atom. The number of halogens is 1. The van der Waals surface area contributed by atoms with Crippen molar-refractivity contribution in [2.45, 2.75) is 71.8 Å². The molecular formula is C19H25BBrNO5. The van der Waals surface area contributed by atoms with Gasteiger partial charge < -0.3 is 14.0 Å². The molecule has 1 fully saturated rings. The Hall–Kier alpha value is -1.38. The van der Waals surface area contributed by atoms with Crippen LogP contribution in [0.15, 0.2) is 16.6 Å². The van der Waals surface area contributed by atoms with Crippen molar-refractivity contribution >= 4 is 40.5 Å². The highest BCUT2D eigenvalue weighted by Crippen LogP contribution is 2.37. The molecule has 6 nitrogen and oxygen atoms in total. The van der Waals surface area contributed by atoms with Crippen molar-refractivity contribution in [3.05, 3.63) is 27.7 Å². The maximum absolute atomic E-state index is 12.8. The lowest BCUT2D eigenvalue weighted by Crippen LogP contribution is -2.41. The number of carbonyl (C=O) groups excluding carboxylic acids is 2. The highest BCUT2D eigenvalue weighted by Gasteiger charge is 2.52. The molecule has 8 heteroatoms. The number of fused-ring (bicyclic) bond motifs is 1. The van der Waals surface area contributed by atoms with Crippen LogP contribution in [0.3, 0.4) is 0 Å². The van der Waals surface area contributed by atoms with E-state index >= 15 is 0 Å². The smallest absolute Gasteiger partial charge is 0.443 e. The van der Waals surface area contributed by atoms with Crippen molar-refractivity contribution in [2.75, 3.05) is 0 Å². The summed E-state index contributed by atoms with van der Waals surface area (Å²) in [6.45, 7) is 13.4. The zero-order valence-electron chi connectivity index (χ0n) is 16.8. The molecule has 146 valence electrons. The number of hydrogen-bond acceptors (Lipinski definition) is 5. The molecule has 27 heavy (non-hydrogen) atoms. The third-order valence-corrected chi connectivity index (χ3v) is 5.86. The SMILES string of the molecule is CC(C)(C)OC(=O)N1Cc2c(Br)cc(B3OC(C)(C)C(C)(C)O3)cc2C1=O. The van der Waals surface area contributed by atoms with Gasteiger partial charge in [0.1, 0.15) is 5.60 Å². The zero-order chi connectivity index (χ0) is 20.4. The Kier molecular flexibility index (Phi) is 4.77. The third kappa shape index (κ3) is 3.67. The maximum atomic E-state index is 12.8. The highest BCUT2D eigenvalue weighted by atomic mass is 79.9. The average molecular weight is 438 g/mol. The summed E-state index contributed by atoms with van der Waals surface area (Å²) >= 11 is 3.53. The van der Waals surface area contributed by atoms with Crippen LogP contribution in [0.1, 0.15) is 64.4 Å². The van der Waals surface area contributed by atoms with Gasteiger partial charge in [0, 0.05) is 10.0 Å². The lowest BCUT2D eigenvalue weighted by molar-refractivity contribution is 0.00578. The summed E-state index contributed by atoms with van der Waals surface area (Å²) in [5.74, 6) is -0.377. The number of ether oxygens (including phenoxy) is 1. The van der Waals surface area contributed by atoms with Gasteiger partial charge in [-0.1, -0.05) is 15.9 Å². The number of carbonyl (C=O) groups is 2. The lowest BCUT2D eigenvalue weighted by Gasteiger charge is -2.32. The number of hydrogen-bond donors (Lipinski definition) is 0. The van der Waals surface area contributed by atoms with Crippen molar-refractivity contribution in [1.29, 1.82) is 0 Å². The van der Waals surface area contributed by atoms with Crippen molar-refractivity contribution < 1.29 is 23.6 Å². The summed E-state index contributed by atoms with van der Waals surface area (Å²) in [5.41, 5.74) is 0.326. The van der Waals surface area contributed by atoms with E-state index in [1.165, 1.54) is 0 Å². The summed E-state index contributed by atoms with van der Waals surface area (Å²) in [7, 11) is -0.583. The van der Waals surface area contributed by atoms with Crippen LogP contribution in [-0.4, -0.2) is 40.8 Å². The molecule has 2 aliphatic heterocycles. The predicted molar refractivity (Wildman–Crippen MR) is 106 cm³/mol. The van der Waals surface area contributed by atoms with Gasteiger partial charge in [0.25, 0.3) is 5.91 Å². The Balaban J connectivity index is 1.89. The monoisotopic (exact) mass is 437 g/mol. The number of imide groups is 1. The van der Waals surface area contributed by atoms with Crippen molar-refractivity contribution in [3.63, 3.8) is 0 Å². The maximum Gasteiger partial charge on any atom is 0.494 e. The van der Waals surface area contributed by atoms with E-state index in [-0.39, 0.29) is 12.5 Å². The summed E-state index contributed by atoms with van der Waals surface area (Å²) < 4.78 is 18.3. The van der Waals surface area contributed by atoms with Gasteiger partial charge in [0.05, 0.1) is 17.7 Å². The van der Waals surface area contributed by atoms with Gasteiger partial charge in [-0.2, -0.15) is 0 Å². The topological polar surface area (TPSA) is 65.1 Å². The molecule has 0 spiro atoms. The lowest BCUT2D eigenvalue weighted by atomic mass is 9.78. The summed E-state index contributed by atoms with van der Waals surface area (Å²) in [6.07, 6.45) is -0.646. The standard InChI is InChI=1S/C19H25BBrNO5/c1-17(2,3)25-16(24)22-10-13-12(15(22)23)8-11(9-14(13)21)20-26-18(4,5)19(6,7)27-20/h8-9H,10H2,1-7H3. The first-order valence-corrected chi connectivity index (χ1v) is 9.74. The molecule has 0 saturated carbocycles. The summed E-state index contributed by atoms with van der Waals surface area (Å²) in [6, 6.07) is 3.63. The fraction of sp³-hybridized carbons (Fsp3) is 0.579. The Bertz CT molecular complexity index is 799. The van der Waals surface area contributed by atoms with E-state index in [4.69, 9.17) is 14.0 Å². The van der Waals surface area contributed by atoms with Crippen LogP contribution in [0.5, 0.6) is 0 Å². The van der Waals surface area contributed by atoms with Gasteiger partial charge in [0.15, 0.2) is 0 Å². The van der Waals surface area contributed by atoms with Crippen molar-refractivity contribution in [1.82, 2.24) is 4.90 Å². The Morgan fingerprint density at radius 3 is 2.26 bits per heavy atom. The second-order valence-electron chi connectivity index (χ2n) is 8.99. The first-order chi connectivity index (χ1) is 12.2. The molecule has 2 aliphatic rings. The van der Waals surface area contributed by atoms with Gasteiger partial charge in [-0.05, 0) is 71.6 Å². The zero-order valence-corrected chi connectivity index (χ0v) is 18.4. The molecule has 2 amide bonds. The van der Waals surface area contributed by atoms with Crippen LogP contribution in [0.2, 0.25) is 0 Å². The Labute approximate surface area is 168 Å². The van der Waals surface area contributed by atoms with E-state index in [2.05, 4.69) is 15.9 Å². The van der Waals surface area contributed by atoms with Crippen LogP contribution in [0, 0.1) is 0 Å². The first kappa shape index (κ1) is 20.4. The molecule has 0 aliphatic carbocycles. The van der Waals surface area contributed by atoms with E-state index in [9.17, 15) is 9.59 Å². The molecule has 0 atom stereocenters. The van der Waals surface area contributed by atoms with E-state index < -0.39 is 30.0 Å². The van der Waals surface area contributed by atoms with E-state index in [0.29, 0.717) is 5.56 Å². The average Bonchev–Trinajstić information content (AvgIpc) is 2.92. The quantitative estimate of drug-likeness (QED) is 0.627. The van der Waals surface area contributed by atoms with E-state index in [1.54, 1.807) is 26.8 Å². The van der Waals surface area contributed by atoms with Crippen molar-refractivity contribution in [2.24, 2.45) is 0 Å². The second kappa shape index (κ2) is 6.32. The third-order valence-electron chi connectivity index (χ3n) is 5.15. The van der Waals surface area contributed by atoms with Crippen LogP contribution < -0.4 is 5.46 Å². The molecule has 3 rings (SSSR count). The van der Waals surface area contributed by atoms with Crippen LogP contribution in [-0.2, 0) is 20.6 Å². The van der Waals surface area contributed by atoms with Gasteiger partial charge in [0.2, 0.25) is 0 Å². The molecule has 0 N–H and O–H groups in total. The van der Waals surface area contributed by atoms with Gasteiger partial charge in [-0.25, -0.2) is 9.69 Å². The molecule has 0 radical (unpaired) electrons. The minimum absolute atomic E-state index is 0.174. The summed E-state index contributed by atoms with van der Waals surface area (Å²) in [4.78, 5) is 26.3. The van der Waals surface area contributed by atoms with Crippen LogP contribution in [0.4, 0.5) is 4.79 Å². The number of benzene rings is 1. The normalized spacial score (nSPS) is 20.8. The molecule has 0 bridgehead atoms. The minimum Gasteiger partial charge on any atom is -0.443 e. The van der Waals surface area contributed by atoms with E-state index in [0.717, 1.165) is 20.4 Å². The second-order valence-corrected chi connectivity index (χ2v) is 9.84. The first-order valence-electron chi connectivity index (χ1n) is 8.95. The molecule has 0 unspecified atom stereocenters. The minimum atomic E-state index is -0.669. The van der Waals surface area contributed by atoms with Gasteiger partial charge in [-0.3, -0.25) is 4.79 Å².